The molecule has 0 saturated heterocycles. The second-order valence-corrected chi connectivity index (χ2v) is 6.00. The summed E-state index contributed by atoms with van der Waals surface area (Å²) < 4.78 is 5.49. The second kappa shape index (κ2) is 5.71. The van der Waals surface area contributed by atoms with Crippen LogP contribution in [-0.4, -0.2) is 28.4 Å². The predicted molar refractivity (Wildman–Crippen MR) is 71.6 cm³/mol. The molecule has 0 amide bonds. The number of aliphatic hydroxyl groups is 1. The quantitative estimate of drug-likeness (QED) is 0.835. The van der Waals surface area contributed by atoms with Gasteiger partial charge in [0.25, 0.3) is 0 Å². The number of ether oxygens (including phenoxy) is 1. The first kappa shape index (κ1) is 15.0. The molecule has 5 heteroatoms. The molecule has 0 spiro atoms. The smallest absolute Gasteiger partial charge is 0.349 e. The molecule has 102 valence electrons. The van der Waals surface area contributed by atoms with Crippen LogP contribution in [0.15, 0.2) is 6.07 Å². The highest BCUT2D eigenvalue weighted by Gasteiger charge is 2.27. The lowest BCUT2D eigenvalue weighted by Crippen LogP contribution is -2.37. The number of hydrogen-bond acceptors (Lipinski definition) is 4. The molecule has 1 atom stereocenters. The molecular weight excluding hydrogens is 252 g/mol. The van der Waals surface area contributed by atoms with Crippen molar-refractivity contribution in [2.45, 2.75) is 39.7 Å². The van der Waals surface area contributed by atoms with Gasteiger partial charge >= 0.3 is 5.97 Å². The van der Waals surface area contributed by atoms with Crippen molar-refractivity contribution in [3.63, 3.8) is 0 Å². The van der Waals surface area contributed by atoms with Gasteiger partial charge in [-0.3, -0.25) is 0 Å². The van der Waals surface area contributed by atoms with Crippen molar-refractivity contribution in [1.29, 1.82) is 0 Å². The monoisotopic (exact) mass is 272 g/mol. The largest absolute Gasteiger partial charge is 0.489 e. The van der Waals surface area contributed by atoms with Crippen LogP contribution in [0.2, 0.25) is 0 Å². The van der Waals surface area contributed by atoms with E-state index in [1.807, 2.05) is 20.8 Å². The van der Waals surface area contributed by atoms with E-state index in [0.29, 0.717) is 5.75 Å². The Kier molecular flexibility index (Phi) is 4.76. The first-order valence-electron chi connectivity index (χ1n) is 5.99. The first-order valence-corrected chi connectivity index (χ1v) is 6.80. The lowest BCUT2D eigenvalue weighted by Gasteiger charge is -2.27. The Labute approximate surface area is 111 Å². The van der Waals surface area contributed by atoms with Gasteiger partial charge in [-0.2, -0.15) is 0 Å². The Morgan fingerprint density at radius 3 is 2.61 bits per heavy atom. The Balaban J connectivity index is 2.84. The molecule has 1 aromatic rings. The summed E-state index contributed by atoms with van der Waals surface area (Å²) in [6, 6.07) is 1.74. The normalized spacial score (nSPS) is 14.6. The minimum absolute atomic E-state index is 0.0371. The van der Waals surface area contributed by atoms with Crippen molar-refractivity contribution in [2.24, 2.45) is 5.92 Å². The fourth-order valence-electron chi connectivity index (χ4n) is 1.24. The molecule has 18 heavy (non-hydrogen) atoms. The highest BCUT2D eigenvalue weighted by molar-refractivity contribution is 7.14. The summed E-state index contributed by atoms with van der Waals surface area (Å²) in [5.74, 6) is -0.598. The lowest BCUT2D eigenvalue weighted by molar-refractivity contribution is -0.0268. The molecule has 0 radical (unpaired) electrons. The van der Waals surface area contributed by atoms with Gasteiger partial charge in [-0.25, -0.2) is 4.79 Å². The summed E-state index contributed by atoms with van der Waals surface area (Å²) in [6.07, 6.45) is 0.773. The summed E-state index contributed by atoms with van der Waals surface area (Å²) in [7, 11) is 0. The molecular formula is C13H20O4S. The van der Waals surface area contributed by atoms with Gasteiger partial charge in [-0.1, -0.05) is 20.8 Å². The first-order chi connectivity index (χ1) is 8.27. The maximum atomic E-state index is 11.1. The van der Waals surface area contributed by atoms with Crippen molar-refractivity contribution in [3.8, 4) is 5.75 Å². The second-order valence-electron chi connectivity index (χ2n) is 4.87. The highest BCUT2D eigenvalue weighted by atomic mass is 32.1. The number of carboxylic acid groups (broad SMARTS) is 1. The molecule has 1 rings (SSSR count). The predicted octanol–water partition coefficient (Wildman–Crippen LogP) is 2.79. The third kappa shape index (κ3) is 3.46. The van der Waals surface area contributed by atoms with Gasteiger partial charge in [0.2, 0.25) is 0 Å². The van der Waals surface area contributed by atoms with Crippen LogP contribution in [0.3, 0.4) is 0 Å². The average molecular weight is 272 g/mol. The van der Waals surface area contributed by atoms with Crippen LogP contribution in [0, 0.1) is 5.92 Å². The third-order valence-corrected chi connectivity index (χ3v) is 4.30. The van der Waals surface area contributed by atoms with Gasteiger partial charge < -0.3 is 14.9 Å². The van der Waals surface area contributed by atoms with E-state index >= 15 is 0 Å². The molecule has 0 aliphatic heterocycles. The summed E-state index contributed by atoms with van der Waals surface area (Å²) in [5.41, 5.74) is -0.968. The summed E-state index contributed by atoms with van der Waals surface area (Å²) in [4.78, 5) is 12.2. The zero-order valence-electron chi connectivity index (χ0n) is 11.2. The SMILES string of the molecule is CCc1cc(OCC(C)(O)C(C)C)c(C(=O)O)s1. The number of aromatic carboxylic acids is 1. The van der Waals surface area contributed by atoms with Gasteiger partial charge in [-0.05, 0) is 25.3 Å². The van der Waals surface area contributed by atoms with Gasteiger partial charge in [0.05, 0.1) is 5.60 Å². The van der Waals surface area contributed by atoms with E-state index in [0.717, 1.165) is 11.3 Å². The summed E-state index contributed by atoms with van der Waals surface area (Å²) in [5, 5.41) is 19.2. The summed E-state index contributed by atoms with van der Waals surface area (Å²) >= 11 is 1.22. The zero-order chi connectivity index (χ0) is 13.9. The van der Waals surface area contributed by atoms with E-state index in [9.17, 15) is 9.90 Å². The Morgan fingerprint density at radius 2 is 2.17 bits per heavy atom. The fraction of sp³-hybridized carbons (Fsp3) is 0.615. The van der Waals surface area contributed by atoms with E-state index in [-0.39, 0.29) is 17.4 Å². The third-order valence-electron chi connectivity index (χ3n) is 3.06. The van der Waals surface area contributed by atoms with Crippen LogP contribution < -0.4 is 4.74 Å². The molecule has 0 aliphatic rings. The van der Waals surface area contributed by atoms with Crippen LogP contribution in [-0.2, 0) is 6.42 Å². The van der Waals surface area contributed by atoms with Crippen LogP contribution in [0.4, 0.5) is 0 Å². The molecule has 1 heterocycles. The van der Waals surface area contributed by atoms with Crippen molar-refractivity contribution in [2.75, 3.05) is 6.61 Å². The molecule has 1 aromatic heterocycles. The van der Waals surface area contributed by atoms with Crippen LogP contribution in [0.5, 0.6) is 5.75 Å². The average Bonchev–Trinajstić information content (AvgIpc) is 2.69. The van der Waals surface area contributed by atoms with E-state index in [1.165, 1.54) is 11.3 Å². The molecule has 2 N–H and O–H groups in total. The molecule has 0 bridgehead atoms. The Morgan fingerprint density at radius 1 is 1.56 bits per heavy atom. The van der Waals surface area contributed by atoms with Gasteiger partial charge in [0, 0.05) is 4.88 Å². The maximum absolute atomic E-state index is 11.1. The van der Waals surface area contributed by atoms with Crippen molar-refractivity contribution >= 4 is 17.3 Å². The van der Waals surface area contributed by atoms with E-state index in [1.54, 1.807) is 13.0 Å². The number of thiophene rings is 1. The standard InChI is InChI=1S/C13H20O4S/c1-5-9-6-10(11(18-9)12(14)15)17-7-13(4,16)8(2)3/h6,8,16H,5,7H2,1-4H3,(H,14,15). The number of hydrogen-bond donors (Lipinski definition) is 2. The topological polar surface area (TPSA) is 66.8 Å². The summed E-state index contributed by atoms with van der Waals surface area (Å²) in [6.45, 7) is 7.53. The maximum Gasteiger partial charge on any atom is 0.349 e. The number of carboxylic acids is 1. The van der Waals surface area contributed by atoms with E-state index in [2.05, 4.69) is 0 Å². The molecule has 0 aromatic carbocycles. The van der Waals surface area contributed by atoms with E-state index < -0.39 is 11.6 Å². The van der Waals surface area contributed by atoms with Crippen molar-refractivity contribution in [3.05, 3.63) is 15.8 Å². The minimum atomic E-state index is -0.987. The van der Waals surface area contributed by atoms with Crippen LogP contribution >= 0.6 is 11.3 Å². The Hall–Kier alpha value is -1.07. The van der Waals surface area contributed by atoms with Crippen molar-refractivity contribution < 1.29 is 19.7 Å². The van der Waals surface area contributed by atoms with Gasteiger partial charge in [0.1, 0.15) is 12.4 Å². The number of rotatable bonds is 6. The van der Waals surface area contributed by atoms with Crippen molar-refractivity contribution in [1.82, 2.24) is 0 Å². The lowest BCUT2D eigenvalue weighted by atomic mass is 9.94. The van der Waals surface area contributed by atoms with Gasteiger partial charge in [-0.15, -0.1) is 11.3 Å². The van der Waals surface area contributed by atoms with Gasteiger partial charge in [0.15, 0.2) is 4.88 Å². The molecule has 0 saturated carbocycles. The molecule has 4 nitrogen and oxygen atoms in total. The van der Waals surface area contributed by atoms with Crippen LogP contribution in [0.25, 0.3) is 0 Å². The highest BCUT2D eigenvalue weighted by Crippen LogP contribution is 2.31. The number of carbonyl (C=O) groups is 1. The van der Waals surface area contributed by atoms with Crippen LogP contribution in [0.1, 0.15) is 42.2 Å². The molecule has 1 unspecified atom stereocenters. The molecule has 0 fully saturated rings. The van der Waals surface area contributed by atoms with E-state index in [4.69, 9.17) is 9.84 Å². The zero-order valence-corrected chi connectivity index (χ0v) is 12.0. The fourth-order valence-corrected chi connectivity index (χ4v) is 2.12. The number of aryl methyl sites for hydroxylation is 1. The molecule has 0 aliphatic carbocycles. The Bertz CT molecular complexity index is 421. The minimum Gasteiger partial charge on any atom is -0.489 e.